The number of likely N-dealkylation sites (tertiary alicyclic amines) is 1. The molecular weight excluding hydrogens is 308 g/mol. The molecule has 1 N–H and O–H groups in total. The Morgan fingerprint density at radius 1 is 1.33 bits per heavy atom. The maximum absolute atomic E-state index is 12.4. The molecule has 0 aliphatic carbocycles. The van der Waals surface area contributed by atoms with Gasteiger partial charge < -0.3 is 19.9 Å². The number of rotatable bonds is 2. The number of pyridine rings is 1. The summed E-state index contributed by atoms with van der Waals surface area (Å²) in [5.41, 5.74) is 0.976. The van der Waals surface area contributed by atoms with Crippen molar-refractivity contribution in [3.63, 3.8) is 0 Å². The molecule has 7 heteroatoms. The molecule has 24 heavy (non-hydrogen) atoms. The van der Waals surface area contributed by atoms with Crippen LogP contribution >= 0.6 is 0 Å². The summed E-state index contributed by atoms with van der Waals surface area (Å²) in [5, 5.41) is 2.93. The number of nitrogens with zero attached hydrogens (tertiary/aromatic N) is 3. The first-order valence-corrected chi connectivity index (χ1v) is 8.42. The maximum atomic E-state index is 12.4. The van der Waals surface area contributed by atoms with E-state index in [2.05, 4.69) is 10.3 Å². The van der Waals surface area contributed by atoms with E-state index in [0.717, 1.165) is 18.5 Å². The lowest BCUT2D eigenvalue weighted by Crippen LogP contribution is -2.52. The van der Waals surface area contributed by atoms with Crippen molar-refractivity contribution < 1.29 is 14.3 Å². The molecule has 0 radical (unpaired) electrons. The van der Waals surface area contributed by atoms with Crippen LogP contribution in [0, 0.1) is 5.92 Å². The Balaban J connectivity index is 1.52. The van der Waals surface area contributed by atoms with E-state index in [1.165, 1.54) is 0 Å². The van der Waals surface area contributed by atoms with Gasteiger partial charge in [0.15, 0.2) is 0 Å². The van der Waals surface area contributed by atoms with Crippen LogP contribution in [0.15, 0.2) is 24.5 Å². The summed E-state index contributed by atoms with van der Waals surface area (Å²) < 4.78 is 5.90. The highest BCUT2D eigenvalue weighted by atomic mass is 16.5. The number of aromatic nitrogens is 1. The molecule has 0 aromatic carbocycles. The molecule has 1 aromatic heterocycles. The normalized spacial score (nSPS) is 24.0. The van der Waals surface area contributed by atoms with Gasteiger partial charge in [0, 0.05) is 58.0 Å². The number of hydrogen-bond donors (Lipinski definition) is 1. The zero-order valence-corrected chi connectivity index (χ0v) is 14.0. The zero-order valence-electron chi connectivity index (χ0n) is 14.0. The Kier molecular flexibility index (Phi) is 5.30. The minimum absolute atomic E-state index is 0.00671. The smallest absolute Gasteiger partial charge is 0.317 e. The second-order valence-electron chi connectivity index (χ2n) is 6.39. The van der Waals surface area contributed by atoms with Crippen molar-refractivity contribution in [2.75, 3.05) is 32.8 Å². The fourth-order valence-electron chi connectivity index (χ4n) is 3.31. The van der Waals surface area contributed by atoms with E-state index in [9.17, 15) is 9.59 Å². The fourth-order valence-corrected chi connectivity index (χ4v) is 3.31. The van der Waals surface area contributed by atoms with Gasteiger partial charge in [0.25, 0.3) is 0 Å². The van der Waals surface area contributed by atoms with Gasteiger partial charge in [-0.1, -0.05) is 6.07 Å². The molecule has 0 bridgehead atoms. The van der Waals surface area contributed by atoms with Crippen LogP contribution in [-0.2, 0) is 16.1 Å². The number of amides is 3. The van der Waals surface area contributed by atoms with E-state index in [-0.39, 0.29) is 18.0 Å². The van der Waals surface area contributed by atoms with Crippen LogP contribution in [0.25, 0.3) is 0 Å². The molecule has 3 amide bonds. The molecule has 0 unspecified atom stereocenters. The molecule has 7 nitrogen and oxygen atoms in total. The molecular formula is C17H24N4O3. The first kappa shape index (κ1) is 16.7. The second kappa shape index (κ2) is 7.61. The highest BCUT2D eigenvalue weighted by Gasteiger charge is 2.35. The number of ether oxygens (including phenoxy) is 1. The van der Waals surface area contributed by atoms with Gasteiger partial charge in [-0.25, -0.2) is 4.79 Å². The highest BCUT2D eigenvalue weighted by Crippen LogP contribution is 2.24. The summed E-state index contributed by atoms with van der Waals surface area (Å²) in [4.78, 5) is 31.7. The number of carbonyl (C=O) groups is 2. The van der Waals surface area contributed by atoms with E-state index in [4.69, 9.17) is 4.74 Å². The third kappa shape index (κ3) is 4.03. The molecule has 2 aliphatic rings. The average Bonchev–Trinajstić information content (AvgIpc) is 2.82. The topological polar surface area (TPSA) is 74.8 Å². The van der Waals surface area contributed by atoms with E-state index in [0.29, 0.717) is 38.7 Å². The quantitative estimate of drug-likeness (QED) is 0.872. The third-order valence-corrected chi connectivity index (χ3v) is 4.74. The van der Waals surface area contributed by atoms with Crippen molar-refractivity contribution >= 4 is 11.9 Å². The molecule has 2 aliphatic heterocycles. The molecule has 2 fully saturated rings. The Morgan fingerprint density at radius 3 is 2.96 bits per heavy atom. The number of fused-ring (bicyclic) bond motifs is 1. The number of hydrogen-bond acceptors (Lipinski definition) is 4. The lowest BCUT2D eigenvalue weighted by Gasteiger charge is -2.37. The lowest BCUT2D eigenvalue weighted by molar-refractivity contribution is -0.129. The van der Waals surface area contributed by atoms with Crippen LogP contribution in [0.5, 0.6) is 0 Å². The van der Waals surface area contributed by atoms with Crippen molar-refractivity contribution in [1.82, 2.24) is 20.1 Å². The Labute approximate surface area is 142 Å². The van der Waals surface area contributed by atoms with Gasteiger partial charge >= 0.3 is 6.03 Å². The van der Waals surface area contributed by atoms with E-state index in [1.807, 2.05) is 17.0 Å². The van der Waals surface area contributed by atoms with E-state index >= 15 is 0 Å². The molecule has 1 aromatic rings. The molecule has 3 rings (SSSR count). The summed E-state index contributed by atoms with van der Waals surface area (Å²) in [6, 6.07) is 3.71. The Morgan fingerprint density at radius 2 is 2.21 bits per heavy atom. The molecule has 3 heterocycles. The van der Waals surface area contributed by atoms with Gasteiger partial charge in [0.2, 0.25) is 5.91 Å². The first-order valence-electron chi connectivity index (χ1n) is 8.42. The number of piperidine rings is 1. The standard InChI is InChI=1S/C17H24N4O3/c1-13(22)20-7-8-24-16-12-21(6-4-15(16)11-20)17(23)19-10-14-3-2-5-18-9-14/h2-3,5,9,15-16H,4,6-8,10-12H2,1H3,(H,19,23)/t15-,16-/m0/s1. The largest absolute Gasteiger partial charge is 0.374 e. The Hall–Kier alpha value is -2.15. The Bertz CT molecular complexity index is 580. The minimum Gasteiger partial charge on any atom is -0.374 e. The van der Waals surface area contributed by atoms with Crippen molar-refractivity contribution in [3.8, 4) is 0 Å². The lowest BCUT2D eigenvalue weighted by atomic mass is 9.93. The van der Waals surface area contributed by atoms with Crippen LogP contribution in [0.3, 0.4) is 0 Å². The van der Waals surface area contributed by atoms with Crippen molar-refractivity contribution in [3.05, 3.63) is 30.1 Å². The van der Waals surface area contributed by atoms with Crippen molar-refractivity contribution in [2.45, 2.75) is 26.0 Å². The third-order valence-electron chi connectivity index (χ3n) is 4.74. The SMILES string of the molecule is CC(=O)N1CCO[C@H]2CN(C(=O)NCc3cccnc3)CC[C@H]2C1. The summed E-state index contributed by atoms with van der Waals surface area (Å²) in [6.45, 7) is 5.23. The van der Waals surface area contributed by atoms with Gasteiger partial charge in [-0.15, -0.1) is 0 Å². The molecule has 130 valence electrons. The fraction of sp³-hybridized carbons (Fsp3) is 0.588. The van der Waals surface area contributed by atoms with Crippen LogP contribution in [0.4, 0.5) is 4.79 Å². The van der Waals surface area contributed by atoms with Gasteiger partial charge in [-0.3, -0.25) is 9.78 Å². The van der Waals surface area contributed by atoms with Crippen molar-refractivity contribution in [2.24, 2.45) is 5.92 Å². The summed E-state index contributed by atoms with van der Waals surface area (Å²) in [7, 11) is 0. The van der Waals surface area contributed by atoms with Gasteiger partial charge in [-0.2, -0.15) is 0 Å². The summed E-state index contributed by atoms with van der Waals surface area (Å²) in [5.74, 6) is 0.398. The number of carbonyl (C=O) groups excluding carboxylic acids is 2. The van der Waals surface area contributed by atoms with Crippen LogP contribution < -0.4 is 5.32 Å². The van der Waals surface area contributed by atoms with Gasteiger partial charge in [0.1, 0.15) is 0 Å². The van der Waals surface area contributed by atoms with E-state index < -0.39 is 0 Å². The monoisotopic (exact) mass is 332 g/mol. The van der Waals surface area contributed by atoms with Crippen LogP contribution in [-0.4, -0.2) is 65.6 Å². The van der Waals surface area contributed by atoms with Gasteiger partial charge in [0.05, 0.1) is 12.7 Å². The number of urea groups is 1. The van der Waals surface area contributed by atoms with Gasteiger partial charge in [-0.05, 0) is 18.1 Å². The first-order chi connectivity index (χ1) is 11.6. The maximum Gasteiger partial charge on any atom is 0.317 e. The predicted molar refractivity (Wildman–Crippen MR) is 88.1 cm³/mol. The van der Waals surface area contributed by atoms with Crippen molar-refractivity contribution in [1.29, 1.82) is 0 Å². The predicted octanol–water partition coefficient (Wildman–Crippen LogP) is 0.860. The van der Waals surface area contributed by atoms with E-state index in [1.54, 1.807) is 24.2 Å². The minimum atomic E-state index is -0.0754. The summed E-state index contributed by atoms with van der Waals surface area (Å²) in [6.07, 6.45) is 4.32. The molecule has 0 spiro atoms. The molecule has 2 saturated heterocycles. The van der Waals surface area contributed by atoms with Crippen LogP contribution in [0.2, 0.25) is 0 Å². The second-order valence-corrected chi connectivity index (χ2v) is 6.39. The summed E-state index contributed by atoms with van der Waals surface area (Å²) >= 11 is 0. The molecule has 2 atom stereocenters. The zero-order chi connectivity index (χ0) is 16.9. The number of nitrogens with one attached hydrogen (secondary N) is 1. The molecule has 0 saturated carbocycles. The highest BCUT2D eigenvalue weighted by molar-refractivity contribution is 5.74. The van der Waals surface area contributed by atoms with Crippen LogP contribution in [0.1, 0.15) is 18.9 Å². The average molecular weight is 332 g/mol.